The van der Waals surface area contributed by atoms with Crippen molar-refractivity contribution in [3.8, 4) is 5.75 Å². The van der Waals surface area contributed by atoms with E-state index in [1.165, 1.54) is 11.3 Å². The highest BCUT2D eigenvalue weighted by Gasteiger charge is 2.19. The zero-order chi connectivity index (χ0) is 19.8. The molecule has 27 heavy (non-hydrogen) atoms. The molecule has 0 fully saturated rings. The van der Waals surface area contributed by atoms with E-state index in [0.29, 0.717) is 29.1 Å². The Balaban J connectivity index is 2.22. The summed E-state index contributed by atoms with van der Waals surface area (Å²) in [4.78, 5) is 31.8. The minimum absolute atomic E-state index is 0.0759. The van der Waals surface area contributed by atoms with E-state index in [2.05, 4.69) is 10.3 Å². The molecule has 0 saturated carbocycles. The molecule has 2 amide bonds. The second-order valence-corrected chi connectivity index (χ2v) is 7.13. The molecule has 1 aromatic carbocycles. The lowest BCUT2D eigenvalue weighted by Crippen LogP contribution is -2.38. The first-order chi connectivity index (χ1) is 13.0. The molecule has 0 aliphatic carbocycles. The Labute approximate surface area is 163 Å². The van der Waals surface area contributed by atoms with Crippen molar-refractivity contribution in [2.45, 2.75) is 19.4 Å². The van der Waals surface area contributed by atoms with Gasteiger partial charge in [0.25, 0.3) is 5.91 Å². The number of carbonyl (C=O) groups excluding carboxylic acids is 2. The number of carbonyl (C=O) groups is 2. The SMILES string of the molecule is CC[C@@H](C(=O)NCCN(C)C)n1ccsc1=NC(=O)c1cccc(OC)c1. The maximum absolute atomic E-state index is 12.6. The van der Waals surface area contributed by atoms with Gasteiger partial charge in [0, 0.05) is 30.2 Å². The molecule has 0 bridgehead atoms. The molecule has 7 nitrogen and oxygen atoms in total. The van der Waals surface area contributed by atoms with E-state index in [1.807, 2.05) is 31.3 Å². The Morgan fingerprint density at radius 1 is 1.37 bits per heavy atom. The second-order valence-electron chi connectivity index (χ2n) is 6.26. The fourth-order valence-electron chi connectivity index (χ4n) is 2.54. The largest absolute Gasteiger partial charge is 0.497 e. The number of ether oxygens (including phenoxy) is 1. The predicted molar refractivity (Wildman–Crippen MR) is 106 cm³/mol. The van der Waals surface area contributed by atoms with Gasteiger partial charge in [0.2, 0.25) is 5.91 Å². The van der Waals surface area contributed by atoms with Gasteiger partial charge in [0.15, 0.2) is 4.80 Å². The Morgan fingerprint density at radius 2 is 2.15 bits per heavy atom. The van der Waals surface area contributed by atoms with Crippen LogP contribution in [0.2, 0.25) is 0 Å². The average molecular weight is 391 g/mol. The summed E-state index contributed by atoms with van der Waals surface area (Å²) in [5.74, 6) is 0.155. The quantitative estimate of drug-likeness (QED) is 0.747. The topological polar surface area (TPSA) is 75.9 Å². The number of hydrogen-bond acceptors (Lipinski definition) is 5. The number of methoxy groups -OCH3 is 1. The van der Waals surface area contributed by atoms with Crippen LogP contribution < -0.4 is 14.9 Å². The standard InChI is InChI=1S/C19H26N4O3S/c1-5-16(18(25)20-9-10-22(2)3)23-11-12-27-19(23)21-17(24)14-7-6-8-15(13-14)26-4/h6-8,11-13,16H,5,9-10H2,1-4H3,(H,20,25)/t16-/m0/s1. The van der Waals surface area contributed by atoms with Crippen LogP contribution >= 0.6 is 11.3 Å². The smallest absolute Gasteiger partial charge is 0.279 e. The van der Waals surface area contributed by atoms with Gasteiger partial charge in [-0.15, -0.1) is 11.3 Å². The highest BCUT2D eigenvalue weighted by Crippen LogP contribution is 2.14. The predicted octanol–water partition coefficient (Wildman–Crippen LogP) is 1.93. The number of amides is 2. The lowest BCUT2D eigenvalue weighted by molar-refractivity contribution is -0.124. The van der Waals surface area contributed by atoms with Crippen LogP contribution in [0, 0.1) is 0 Å². The molecule has 2 rings (SSSR count). The van der Waals surface area contributed by atoms with Crippen molar-refractivity contribution >= 4 is 23.2 Å². The minimum Gasteiger partial charge on any atom is -0.497 e. The summed E-state index contributed by atoms with van der Waals surface area (Å²) in [5, 5.41) is 4.77. The minimum atomic E-state index is -0.407. The molecule has 1 aromatic heterocycles. The highest BCUT2D eigenvalue weighted by atomic mass is 32.1. The van der Waals surface area contributed by atoms with Crippen LogP contribution in [-0.2, 0) is 4.79 Å². The Bertz CT molecular complexity index is 841. The molecule has 0 aliphatic rings. The van der Waals surface area contributed by atoms with Gasteiger partial charge in [0.1, 0.15) is 11.8 Å². The summed E-state index contributed by atoms with van der Waals surface area (Å²) >= 11 is 1.33. The van der Waals surface area contributed by atoms with Crippen LogP contribution in [-0.4, -0.2) is 55.6 Å². The molecular formula is C19H26N4O3S. The van der Waals surface area contributed by atoms with Gasteiger partial charge in [-0.1, -0.05) is 13.0 Å². The van der Waals surface area contributed by atoms with Gasteiger partial charge in [-0.05, 0) is 38.7 Å². The average Bonchev–Trinajstić information content (AvgIpc) is 3.10. The molecule has 1 heterocycles. The molecule has 1 atom stereocenters. The first kappa shape index (κ1) is 20.9. The van der Waals surface area contributed by atoms with Crippen LogP contribution in [0.4, 0.5) is 0 Å². The number of thiazole rings is 1. The fourth-order valence-corrected chi connectivity index (χ4v) is 3.30. The Hall–Kier alpha value is -2.45. The third-order valence-corrected chi connectivity index (χ3v) is 4.78. The summed E-state index contributed by atoms with van der Waals surface area (Å²) in [6.45, 7) is 3.28. The van der Waals surface area contributed by atoms with Gasteiger partial charge >= 0.3 is 0 Å². The number of benzene rings is 1. The summed E-state index contributed by atoms with van der Waals surface area (Å²) in [5.41, 5.74) is 0.442. The van der Waals surface area contributed by atoms with Crippen LogP contribution in [0.3, 0.4) is 0 Å². The van der Waals surface area contributed by atoms with Gasteiger partial charge in [0.05, 0.1) is 7.11 Å². The Morgan fingerprint density at radius 3 is 2.81 bits per heavy atom. The molecule has 8 heteroatoms. The number of likely N-dealkylation sites (N-methyl/N-ethyl adjacent to an activating group) is 1. The van der Waals surface area contributed by atoms with Crippen molar-refractivity contribution in [3.05, 3.63) is 46.2 Å². The molecule has 0 unspecified atom stereocenters. The molecule has 0 aliphatic heterocycles. The van der Waals surface area contributed by atoms with Crippen LogP contribution in [0.1, 0.15) is 29.7 Å². The van der Waals surface area contributed by atoms with E-state index < -0.39 is 6.04 Å². The maximum atomic E-state index is 12.6. The zero-order valence-corrected chi connectivity index (χ0v) is 17.0. The molecule has 0 spiro atoms. The van der Waals surface area contributed by atoms with Crippen molar-refractivity contribution < 1.29 is 14.3 Å². The van der Waals surface area contributed by atoms with Crippen molar-refractivity contribution in [2.24, 2.45) is 4.99 Å². The number of hydrogen-bond donors (Lipinski definition) is 1. The molecule has 0 saturated heterocycles. The number of nitrogens with one attached hydrogen (secondary N) is 1. The van der Waals surface area contributed by atoms with E-state index in [0.717, 1.165) is 6.54 Å². The summed E-state index contributed by atoms with van der Waals surface area (Å²) in [7, 11) is 5.46. The molecule has 146 valence electrons. The first-order valence-corrected chi connectivity index (χ1v) is 9.65. The van der Waals surface area contributed by atoms with Crippen molar-refractivity contribution in [1.29, 1.82) is 0 Å². The molecule has 0 radical (unpaired) electrons. The lowest BCUT2D eigenvalue weighted by atomic mass is 10.2. The summed E-state index contributed by atoms with van der Waals surface area (Å²) in [6, 6.07) is 6.45. The maximum Gasteiger partial charge on any atom is 0.279 e. The van der Waals surface area contributed by atoms with Crippen LogP contribution in [0.15, 0.2) is 40.8 Å². The number of nitrogens with zero attached hydrogens (tertiary/aromatic N) is 3. The van der Waals surface area contributed by atoms with E-state index in [4.69, 9.17) is 4.74 Å². The third kappa shape index (κ3) is 5.77. The van der Waals surface area contributed by atoms with Gasteiger partial charge in [-0.2, -0.15) is 4.99 Å². The normalized spacial score (nSPS) is 12.9. The Kier molecular flexibility index (Phi) is 7.75. The van der Waals surface area contributed by atoms with Crippen LogP contribution in [0.25, 0.3) is 0 Å². The van der Waals surface area contributed by atoms with E-state index in [-0.39, 0.29) is 11.8 Å². The molecule has 1 N–H and O–H groups in total. The molecular weight excluding hydrogens is 364 g/mol. The van der Waals surface area contributed by atoms with Crippen LogP contribution in [0.5, 0.6) is 5.75 Å². The molecule has 2 aromatic rings. The van der Waals surface area contributed by atoms with Crippen molar-refractivity contribution in [2.75, 3.05) is 34.3 Å². The van der Waals surface area contributed by atoms with Crippen molar-refractivity contribution in [1.82, 2.24) is 14.8 Å². The number of aromatic nitrogens is 1. The van der Waals surface area contributed by atoms with Crippen molar-refractivity contribution in [3.63, 3.8) is 0 Å². The zero-order valence-electron chi connectivity index (χ0n) is 16.1. The van der Waals surface area contributed by atoms with Gasteiger partial charge < -0.3 is 19.5 Å². The van der Waals surface area contributed by atoms with E-state index in [9.17, 15) is 9.59 Å². The van der Waals surface area contributed by atoms with E-state index in [1.54, 1.807) is 42.1 Å². The second kappa shape index (κ2) is 10.0. The summed E-state index contributed by atoms with van der Waals surface area (Å²) < 4.78 is 6.91. The van der Waals surface area contributed by atoms with E-state index >= 15 is 0 Å². The third-order valence-electron chi connectivity index (χ3n) is 4.01. The van der Waals surface area contributed by atoms with Gasteiger partial charge in [-0.25, -0.2) is 0 Å². The fraction of sp³-hybridized carbons (Fsp3) is 0.421. The summed E-state index contributed by atoms with van der Waals surface area (Å²) in [6.07, 6.45) is 2.40. The van der Waals surface area contributed by atoms with Gasteiger partial charge in [-0.3, -0.25) is 9.59 Å². The lowest BCUT2D eigenvalue weighted by Gasteiger charge is -2.17. The monoisotopic (exact) mass is 390 g/mol. The first-order valence-electron chi connectivity index (χ1n) is 8.77. The number of rotatable bonds is 8. The highest BCUT2D eigenvalue weighted by molar-refractivity contribution is 7.07.